The summed E-state index contributed by atoms with van der Waals surface area (Å²) in [6.07, 6.45) is 5.88. The van der Waals surface area contributed by atoms with Gasteiger partial charge in [-0.2, -0.15) is 0 Å². The first-order chi connectivity index (χ1) is 18.0. The second-order valence-corrected chi connectivity index (χ2v) is 8.97. The smallest absolute Gasteiger partial charge is 0.251 e. The molecule has 1 saturated heterocycles. The van der Waals surface area contributed by atoms with Crippen LogP contribution in [-0.2, 0) is 6.54 Å². The molecule has 0 atom stereocenters. The van der Waals surface area contributed by atoms with Crippen LogP contribution in [0.4, 0.5) is 14.6 Å². The van der Waals surface area contributed by atoms with Crippen LogP contribution in [0.15, 0.2) is 73.1 Å². The van der Waals surface area contributed by atoms with Crippen LogP contribution in [0.25, 0.3) is 11.3 Å². The fraction of sp³-hybridized carbons (Fsp3) is 0.207. The lowest BCUT2D eigenvalue weighted by atomic mass is 10.1. The molecule has 188 valence electrons. The number of hydrogen-bond donors (Lipinski definition) is 1. The highest BCUT2D eigenvalue weighted by Crippen LogP contribution is 2.30. The summed E-state index contributed by atoms with van der Waals surface area (Å²) < 4.78 is 33.0. The number of rotatable bonds is 7. The van der Waals surface area contributed by atoms with Crippen molar-refractivity contribution in [1.29, 1.82) is 0 Å². The molecule has 1 fully saturated rings. The molecular formula is C29H26F2N4O2. The van der Waals surface area contributed by atoms with Gasteiger partial charge in [-0.3, -0.25) is 9.78 Å². The van der Waals surface area contributed by atoms with Crippen molar-refractivity contribution in [2.24, 2.45) is 0 Å². The van der Waals surface area contributed by atoms with E-state index in [0.29, 0.717) is 28.2 Å². The summed E-state index contributed by atoms with van der Waals surface area (Å²) >= 11 is 0. The van der Waals surface area contributed by atoms with Crippen molar-refractivity contribution in [1.82, 2.24) is 15.3 Å². The number of anilines is 1. The van der Waals surface area contributed by atoms with Crippen LogP contribution >= 0.6 is 0 Å². The number of nitrogens with one attached hydrogen (secondary N) is 1. The third-order valence-electron chi connectivity index (χ3n) is 6.34. The van der Waals surface area contributed by atoms with Crippen LogP contribution in [0.2, 0.25) is 0 Å². The normalized spacial score (nSPS) is 13.0. The Morgan fingerprint density at radius 1 is 1.00 bits per heavy atom. The molecule has 1 aliphatic rings. The first kappa shape index (κ1) is 24.4. The van der Waals surface area contributed by atoms with E-state index < -0.39 is 11.6 Å². The van der Waals surface area contributed by atoms with Gasteiger partial charge in [-0.25, -0.2) is 13.8 Å². The van der Waals surface area contributed by atoms with E-state index in [-0.39, 0.29) is 12.5 Å². The zero-order chi connectivity index (χ0) is 25.8. The molecule has 0 radical (unpaired) electrons. The molecule has 37 heavy (non-hydrogen) atoms. The van der Waals surface area contributed by atoms with E-state index in [2.05, 4.69) is 20.2 Å². The number of hydrogen-bond acceptors (Lipinski definition) is 5. The third-order valence-corrected chi connectivity index (χ3v) is 6.34. The Morgan fingerprint density at radius 3 is 2.51 bits per heavy atom. The highest BCUT2D eigenvalue weighted by atomic mass is 19.1. The summed E-state index contributed by atoms with van der Waals surface area (Å²) in [6.45, 7) is 3.85. The molecule has 0 spiro atoms. The maximum absolute atomic E-state index is 13.4. The van der Waals surface area contributed by atoms with Crippen LogP contribution in [0, 0.1) is 18.6 Å². The lowest BCUT2D eigenvalue weighted by molar-refractivity contribution is 0.0950. The molecule has 2 aromatic carbocycles. The highest BCUT2D eigenvalue weighted by Gasteiger charge is 2.15. The zero-order valence-electron chi connectivity index (χ0n) is 20.4. The Hall–Kier alpha value is -4.33. The second kappa shape index (κ2) is 10.7. The molecule has 1 N–H and O–H groups in total. The topological polar surface area (TPSA) is 67.3 Å². The van der Waals surface area contributed by atoms with Gasteiger partial charge in [0.25, 0.3) is 5.91 Å². The van der Waals surface area contributed by atoms with Crippen LogP contribution in [0.1, 0.15) is 34.3 Å². The van der Waals surface area contributed by atoms with Gasteiger partial charge in [0.05, 0.1) is 5.69 Å². The maximum atomic E-state index is 13.4. The van der Waals surface area contributed by atoms with Gasteiger partial charge in [-0.15, -0.1) is 0 Å². The number of nitrogens with zero attached hydrogens (tertiary/aromatic N) is 3. The molecule has 0 saturated carbocycles. The predicted octanol–water partition coefficient (Wildman–Crippen LogP) is 6.05. The van der Waals surface area contributed by atoms with Gasteiger partial charge in [0, 0.05) is 60.9 Å². The number of benzene rings is 2. The standard InChI is InChI=1S/C29H26F2N4O2/c1-19-25(29(36)34-17-20-13-22(30)15-23(31)14-20)5-4-6-27(19)37-24-9-10-32-26(16-24)21-7-8-28(33-18-21)35-11-2-3-12-35/h4-10,13-16,18H,2-3,11-12,17H2,1H3,(H,34,36). The molecule has 0 aliphatic carbocycles. The molecule has 6 nitrogen and oxygen atoms in total. The lowest BCUT2D eigenvalue weighted by Crippen LogP contribution is -2.23. The van der Waals surface area contributed by atoms with Gasteiger partial charge in [0.2, 0.25) is 0 Å². The maximum Gasteiger partial charge on any atom is 0.251 e. The van der Waals surface area contributed by atoms with Crippen molar-refractivity contribution >= 4 is 11.7 Å². The average molecular weight is 501 g/mol. The monoisotopic (exact) mass is 500 g/mol. The Morgan fingerprint density at radius 2 is 1.78 bits per heavy atom. The predicted molar refractivity (Wildman–Crippen MR) is 138 cm³/mol. The van der Waals surface area contributed by atoms with E-state index in [9.17, 15) is 13.6 Å². The van der Waals surface area contributed by atoms with E-state index >= 15 is 0 Å². The fourth-order valence-corrected chi connectivity index (χ4v) is 4.39. The minimum absolute atomic E-state index is 0.00363. The number of amides is 1. The number of carbonyl (C=O) groups excluding carboxylic acids is 1. The number of halogens is 2. The summed E-state index contributed by atoms with van der Waals surface area (Å²) in [5, 5.41) is 2.71. The second-order valence-electron chi connectivity index (χ2n) is 8.97. The van der Waals surface area contributed by atoms with Crippen molar-refractivity contribution in [3.05, 3.63) is 101 Å². The number of ether oxygens (including phenoxy) is 1. The Labute approximate surface area is 214 Å². The average Bonchev–Trinajstić information content (AvgIpc) is 3.43. The number of aromatic nitrogens is 2. The molecule has 4 aromatic rings. The number of carbonyl (C=O) groups is 1. The van der Waals surface area contributed by atoms with Crippen molar-refractivity contribution < 1.29 is 18.3 Å². The van der Waals surface area contributed by atoms with Crippen molar-refractivity contribution in [3.63, 3.8) is 0 Å². The minimum atomic E-state index is -0.689. The largest absolute Gasteiger partial charge is 0.457 e. The van der Waals surface area contributed by atoms with Crippen LogP contribution in [0.5, 0.6) is 11.5 Å². The first-order valence-corrected chi connectivity index (χ1v) is 12.1. The molecule has 1 amide bonds. The van der Waals surface area contributed by atoms with Crippen LogP contribution < -0.4 is 15.0 Å². The number of pyridine rings is 2. The summed E-state index contributed by atoms with van der Waals surface area (Å²) in [5.74, 6) is 0.319. The van der Waals surface area contributed by atoms with Crippen molar-refractivity contribution in [2.45, 2.75) is 26.3 Å². The molecule has 0 bridgehead atoms. The van der Waals surface area contributed by atoms with Gasteiger partial charge in [0.1, 0.15) is 29.0 Å². The van der Waals surface area contributed by atoms with Gasteiger partial charge < -0.3 is 15.0 Å². The third kappa shape index (κ3) is 5.74. The Balaban J connectivity index is 1.29. The quantitative estimate of drug-likeness (QED) is 0.335. The van der Waals surface area contributed by atoms with Gasteiger partial charge in [0.15, 0.2) is 0 Å². The van der Waals surface area contributed by atoms with E-state index in [1.54, 1.807) is 37.4 Å². The van der Waals surface area contributed by atoms with Gasteiger partial charge in [-0.1, -0.05) is 6.07 Å². The molecule has 1 aliphatic heterocycles. The fourth-order valence-electron chi connectivity index (χ4n) is 4.39. The minimum Gasteiger partial charge on any atom is -0.457 e. The highest BCUT2D eigenvalue weighted by molar-refractivity contribution is 5.96. The molecule has 2 aromatic heterocycles. The summed E-state index contributed by atoms with van der Waals surface area (Å²) in [6, 6.07) is 15.9. The van der Waals surface area contributed by atoms with E-state index in [0.717, 1.165) is 36.2 Å². The van der Waals surface area contributed by atoms with E-state index in [1.807, 2.05) is 24.4 Å². The molecule has 0 unspecified atom stereocenters. The van der Waals surface area contributed by atoms with Crippen molar-refractivity contribution in [3.8, 4) is 22.8 Å². The van der Waals surface area contributed by atoms with Gasteiger partial charge in [-0.05, 0) is 67.8 Å². The molecule has 3 heterocycles. The van der Waals surface area contributed by atoms with E-state index in [4.69, 9.17) is 4.74 Å². The Bertz CT molecular complexity index is 1400. The first-order valence-electron chi connectivity index (χ1n) is 12.1. The summed E-state index contributed by atoms with van der Waals surface area (Å²) in [5.41, 5.74) is 2.99. The Kier molecular flexibility index (Phi) is 7.07. The lowest BCUT2D eigenvalue weighted by Gasteiger charge is -2.16. The van der Waals surface area contributed by atoms with Crippen molar-refractivity contribution in [2.75, 3.05) is 18.0 Å². The zero-order valence-corrected chi connectivity index (χ0v) is 20.4. The molecule has 5 rings (SSSR count). The summed E-state index contributed by atoms with van der Waals surface area (Å²) in [7, 11) is 0. The SMILES string of the molecule is Cc1c(Oc2ccnc(-c3ccc(N4CCCC4)nc3)c2)cccc1C(=O)NCc1cc(F)cc(F)c1. The molecule has 8 heteroatoms. The van der Waals surface area contributed by atoms with Crippen LogP contribution in [-0.4, -0.2) is 29.0 Å². The van der Waals surface area contributed by atoms with E-state index in [1.165, 1.54) is 25.0 Å². The summed E-state index contributed by atoms with van der Waals surface area (Å²) in [4.78, 5) is 24.1. The molecular weight excluding hydrogens is 474 g/mol. The van der Waals surface area contributed by atoms with Crippen LogP contribution in [0.3, 0.4) is 0 Å². The van der Waals surface area contributed by atoms with Gasteiger partial charge >= 0.3 is 0 Å².